The minimum Gasteiger partial charge on any atom is -0.338 e. The van der Waals surface area contributed by atoms with Gasteiger partial charge in [-0.25, -0.2) is 23.1 Å². The Hall–Kier alpha value is -3.14. The highest BCUT2D eigenvalue weighted by Crippen LogP contribution is 2.45. The Balaban J connectivity index is 1.57. The monoisotopic (exact) mass is 481 g/mol. The maximum atomic E-state index is 14.1. The van der Waals surface area contributed by atoms with Gasteiger partial charge in [0.05, 0.1) is 53.2 Å². The Morgan fingerprint density at radius 1 is 1.15 bits per heavy atom. The first kappa shape index (κ1) is 21.4. The van der Waals surface area contributed by atoms with Crippen molar-refractivity contribution in [3.63, 3.8) is 0 Å². The molecule has 2 aromatic heterocycles. The highest BCUT2D eigenvalue weighted by molar-refractivity contribution is 8.13. The third-order valence-corrected chi connectivity index (χ3v) is 7.37. The molecule has 0 unspecified atom stereocenters. The molecule has 34 heavy (non-hydrogen) atoms. The molecule has 1 aliphatic carbocycles. The number of hydrogen-bond donors (Lipinski definition) is 0. The smallest absolute Gasteiger partial charge is 0.266 e. The lowest BCUT2D eigenvalue weighted by Crippen LogP contribution is -2.39. The second kappa shape index (κ2) is 7.69. The molecule has 0 saturated heterocycles. The third kappa shape index (κ3) is 3.26. The zero-order chi connectivity index (χ0) is 23.7. The van der Waals surface area contributed by atoms with Gasteiger partial charge in [0, 0.05) is 29.5 Å². The van der Waals surface area contributed by atoms with Crippen LogP contribution in [0.2, 0.25) is 0 Å². The molecule has 7 nitrogen and oxygen atoms in total. The van der Waals surface area contributed by atoms with E-state index >= 15 is 0 Å². The molecule has 6 rings (SSSR count). The van der Waals surface area contributed by atoms with Crippen LogP contribution in [0.15, 0.2) is 28.7 Å². The second-order valence-electron chi connectivity index (χ2n) is 9.06. The molecule has 4 heterocycles. The zero-order valence-electron chi connectivity index (χ0n) is 18.6. The Kier molecular flexibility index (Phi) is 4.84. The molecule has 3 aromatic rings. The van der Waals surface area contributed by atoms with Crippen molar-refractivity contribution >= 4 is 39.6 Å². The van der Waals surface area contributed by atoms with E-state index in [1.807, 2.05) is 23.6 Å². The standard InChI is InChI=1S/C24H21F2N5O2S/c1-11-24(33)30(2)10-18-21(28-23(31(11)18)12-6-7-12)13-4-3-5-16-14(13)8-15(22(25)26)20(27-16)17-9-19(32)34-29-17/h3-5,8,11-12,22H,6-7,9-10H2,1-2H3/t11-/m1/s1. The average Bonchev–Trinajstić information content (AvgIpc) is 3.46. The Bertz CT molecular complexity index is 1410. The molecule has 0 N–H and O–H groups in total. The molecule has 0 bridgehead atoms. The second-order valence-corrected chi connectivity index (χ2v) is 9.88. The molecular weight excluding hydrogens is 460 g/mol. The third-order valence-electron chi connectivity index (χ3n) is 6.71. The first-order valence-corrected chi connectivity index (χ1v) is 12.0. The van der Waals surface area contributed by atoms with Crippen LogP contribution in [0.3, 0.4) is 0 Å². The van der Waals surface area contributed by atoms with Gasteiger partial charge < -0.3 is 9.47 Å². The molecule has 1 saturated carbocycles. The number of alkyl halides is 2. The maximum absolute atomic E-state index is 14.1. The molecule has 1 amide bonds. The summed E-state index contributed by atoms with van der Waals surface area (Å²) in [6.07, 6.45) is -0.728. The molecule has 0 spiro atoms. The Morgan fingerprint density at radius 3 is 2.62 bits per heavy atom. The van der Waals surface area contributed by atoms with Crippen molar-refractivity contribution in [2.24, 2.45) is 4.40 Å². The number of pyridine rings is 1. The van der Waals surface area contributed by atoms with Crippen molar-refractivity contribution in [2.75, 3.05) is 7.05 Å². The van der Waals surface area contributed by atoms with Gasteiger partial charge in [-0.05, 0) is 31.9 Å². The van der Waals surface area contributed by atoms with E-state index in [1.165, 1.54) is 6.07 Å². The first-order valence-electron chi connectivity index (χ1n) is 11.2. The summed E-state index contributed by atoms with van der Waals surface area (Å²) in [5.41, 5.74) is 2.97. The van der Waals surface area contributed by atoms with Gasteiger partial charge in [0.25, 0.3) is 6.43 Å². The van der Waals surface area contributed by atoms with Crippen LogP contribution in [0.25, 0.3) is 22.2 Å². The van der Waals surface area contributed by atoms with Crippen molar-refractivity contribution in [1.82, 2.24) is 19.4 Å². The van der Waals surface area contributed by atoms with Crippen LogP contribution in [0.1, 0.15) is 67.3 Å². The van der Waals surface area contributed by atoms with Crippen LogP contribution in [0.5, 0.6) is 0 Å². The largest absolute Gasteiger partial charge is 0.338 e. The minimum absolute atomic E-state index is 0.0138. The quantitative estimate of drug-likeness (QED) is 0.500. The molecule has 1 fully saturated rings. The van der Waals surface area contributed by atoms with Crippen molar-refractivity contribution in [3.8, 4) is 11.3 Å². The van der Waals surface area contributed by atoms with Gasteiger partial charge in [-0.2, -0.15) is 0 Å². The topological polar surface area (TPSA) is 80.5 Å². The maximum Gasteiger partial charge on any atom is 0.266 e. The fourth-order valence-corrected chi connectivity index (χ4v) is 5.46. The van der Waals surface area contributed by atoms with Crippen molar-refractivity contribution in [2.45, 2.75) is 51.1 Å². The Labute approximate surface area is 198 Å². The van der Waals surface area contributed by atoms with Gasteiger partial charge in [-0.15, -0.1) is 0 Å². The number of carbonyl (C=O) groups excluding carboxylic acids is 2. The van der Waals surface area contributed by atoms with E-state index in [0.717, 1.165) is 36.3 Å². The molecule has 2 aliphatic heterocycles. The number of rotatable bonds is 4. The molecule has 3 aliphatic rings. The summed E-state index contributed by atoms with van der Waals surface area (Å²) in [5.74, 6) is 1.25. The highest BCUT2D eigenvalue weighted by Gasteiger charge is 2.38. The molecule has 1 atom stereocenters. The average molecular weight is 482 g/mol. The van der Waals surface area contributed by atoms with Gasteiger partial charge >= 0.3 is 0 Å². The number of fused-ring (bicyclic) bond motifs is 2. The van der Waals surface area contributed by atoms with Gasteiger partial charge in [-0.1, -0.05) is 12.1 Å². The Morgan fingerprint density at radius 2 is 1.94 bits per heavy atom. The number of benzene rings is 1. The van der Waals surface area contributed by atoms with Crippen molar-refractivity contribution in [1.29, 1.82) is 0 Å². The van der Waals surface area contributed by atoms with Crippen LogP contribution in [-0.2, 0) is 16.1 Å². The number of likely N-dealkylation sites (N-methyl/N-ethyl adjacent to an activating group) is 1. The van der Waals surface area contributed by atoms with E-state index in [4.69, 9.17) is 4.98 Å². The van der Waals surface area contributed by atoms with Gasteiger partial charge in [0.15, 0.2) is 0 Å². The fraction of sp³-hybridized carbons (Fsp3) is 0.375. The van der Waals surface area contributed by atoms with E-state index in [2.05, 4.69) is 9.38 Å². The summed E-state index contributed by atoms with van der Waals surface area (Å²) in [6, 6.07) is 6.56. The van der Waals surface area contributed by atoms with Crippen LogP contribution in [0, 0.1) is 0 Å². The van der Waals surface area contributed by atoms with E-state index in [-0.39, 0.29) is 40.5 Å². The summed E-state index contributed by atoms with van der Waals surface area (Å²) < 4.78 is 34.4. The van der Waals surface area contributed by atoms with Crippen LogP contribution in [-0.4, -0.2) is 43.2 Å². The number of amides is 1. The summed E-state index contributed by atoms with van der Waals surface area (Å²) in [4.78, 5) is 35.6. The van der Waals surface area contributed by atoms with E-state index < -0.39 is 6.43 Å². The number of hydrogen-bond acceptors (Lipinski definition) is 6. The summed E-state index contributed by atoms with van der Waals surface area (Å²) in [6.45, 7) is 2.28. The summed E-state index contributed by atoms with van der Waals surface area (Å²) in [7, 11) is 1.77. The van der Waals surface area contributed by atoms with Gasteiger partial charge in [0.1, 0.15) is 11.9 Å². The minimum atomic E-state index is -2.77. The normalized spacial score (nSPS) is 20.4. The highest BCUT2D eigenvalue weighted by atomic mass is 32.2. The molecule has 174 valence electrons. The predicted molar refractivity (Wildman–Crippen MR) is 125 cm³/mol. The van der Waals surface area contributed by atoms with Crippen molar-refractivity contribution in [3.05, 3.63) is 47.0 Å². The number of halogens is 2. The number of imidazole rings is 1. The number of carbonyl (C=O) groups is 2. The van der Waals surface area contributed by atoms with E-state index in [1.54, 1.807) is 18.0 Å². The van der Waals surface area contributed by atoms with E-state index in [0.29, 0.717) is 34.6 Å². The lowest BCUT2D eigenvalue weighted by Gasteiger charge is -2.31. The number of nitrogens with zero attached hydrogens (tertiary/aromatic N) is 5. The molecule has 1 aromatic carbocycles. The zero-order valence-corrected chi connectivity index (χ0v) is 19.4. The van der Waals surface area contributed by atoms with Crippen LogP contribution >= 0.6 is 11.9 Å². The van der Waals surface area contributed by atoms with Crippen molar-refractivity contribution < 1.29 is 18.4 Å². The molecular formula is C24H21F2N5O2S. The SMILES string of the molecule is C[C@@H]1C(=O)N(C)Cc2c(-c3cccc4nc(C5=NSC(=O)C5)c(C(F)F)cc34)nc(C3CC3)n21. The predicted octanol–water partition coefficient (Wildman–Crippen LogP) is 4.81. The van der Waals surface area contributed by atoms with Gasteiger partial charge in [0.2, 0.25) is 11.0 Å². The van der Waals surface area contributed by atoms with Crippen LogP contribution in [0.4, 0.5) is 8.78 Å². The summed E-state index contributed by atoms with van der Waals surface area (Å²) in [5, 5.41) is 0.380. The first-order chi connectivity index (χ1) is 16.3. The molecule has 0 radical (unpaired) electrons. The molecule has 10 heteroatoms. The fourth-order valence-electron chi connectivity index (χ4n) is 4.89. The number of aromatic nitrogens is 3. The van der Waals surface area contributed by atoms with Gasteiger partial charge in [-0.3, -0.25) is 9.59 Å². The lowest BCUT2D eigenvalue weighted by molar-refractivity contribution is -0.135. The van der Waals surface area contributed by atoms with Crippen LogP contribution < -0.4 is 0 Å². The van der Waals surface area contributed by atoms with E-state index in [9.17, 15) is 18.4 Å². The summed E-state index contributed by atoms with van der Waals surface area (Å²) >= 11 is 0.773. The lowest BCUT2D eigenvalue weighted by atomic mass is 9.99.